The summed E-state index contributed by atoms with van der Waals surface area (Å²) in [5, 5.41) is 3.67. The van der Waals surface area contributed by atoms with Gasteiger partial charge in [0.25, 0.3) is 0 Å². The van der Waals surface area contributed by atoms with Crippen molar-refractivity contribution in [3.63, 3.8) is 0 Å². The van der Waals surface area contributed by atoms with Crippen LogP contribution in [-0.4, -0.2) is 36.1 Å². The minimum atomic E-state index is 0.226. The summed E-state index contributed by atoms with van der Waals surface area (Å²) < 4.78 is 0. The molecule has 1 saturated heterocycles. The van der Waals surface area contributed by atoms with E-state index in [0.717, 1.165) is 24.3 Å². The fourth-order valence-corrected chi connectivity index (χ4v) is 2.64. The summed E-state index contributed by atoms with van der Waals surface area (Å²) >= 11 is 0. The van der Waals surface area contributed by atoms with Crippen LogP contribution in [-0.2, 0) is 0 Å². The molecule has 0 amide bonds. The van der Waals surface area contributed by atoms with E-state index < -0.39 is 0 Å². The van der Waals surface area contributed by atoms with Crippen LogP contribution in [0.1, 0.15) is 48.5 Å². The van der Waals surface area contributed by atoms with Gasteiger partial charge in [-0.2, -0.15) is 0 Å². The minimum absolute atomic E-state index is 0.226. The monoisotopic (exact) mass is 240 g/mol. The van der Waals surface area contributed by atoms with Crippen LogP contribution < -0.4 is 5.32 Å². The van der Waals surface area contributed by atoms with Gasteiger partial charge < -0.3 is 5.32 Å². The second-order valence-electron chi connectivity index (χ2n) is 7.35. The molecule has 0 aliphatic carbocycles. The molecule has 1 aliphatic heterocycles. The Morgan fingerprint density at radius 2 is 1.59 bits per heavy atom. The van der Waals surface area contributed by atoms with E-state index in [0.29, 0.717) is 6.04 Å². The first-order chi connectivity index (χ1) is 7.70. The van der Waals surface area contributed by atoms with Crippen LogP contribution >= 0.6 is 0 Å². The topological polar surface area (TPSA) is 15.3 Å². The summed E-state index contributed by atoms with van der Waals surface area (Å²) in [4.78, 5) is 2.69. The van der Waals surface area contributed by atoms with Crippen molar-refractivity contribution in [2.45, 2.75) is 60.0 Å². The first kappa shape index (κ1) is 15.0. The Labute approximate surface area is 108 Å². The summed E-state index contributed by atoms with van der Waals surface area (Å²) in [6.45, 7) is 19.9. The molecule has 0 spiro atoms. The van der Waals surface area contributed by atoms with Gasteiger partial charge in [0.2, 0.25) is 0 Å². The Bertz CT molecular complexity index is 220. The van der Waals surface area contributed by atoms with E-state index in [2.05, 4.69) is 58.7 Å². The lowest BCUT2D eigenvalue weighted by Crippen LogP contribution is -2.49. The molecule has 0 aromatic heterocycles. The van der Waals surface area contributed by atoms with Gasteiger partial charge in [0.15, 0.2) is 0 Å². The van der Waals surface area contributed by atoms with Crippen LogP contribution in [0.3, 0.4) is 0 Å². The molecule has 3 atom stereocenters. The zero-order chi connectivity index (χ0) is 13.2. The Balaban J connectivity index is 2.55. The van der Waals surface area contributed by atoms with Gasteiger partial charge in [0.1, 0.15) is 0 Å². The molecule has 1 fully saturated rings. The maximum atomic E-state index is 3.67. The Hall–Kier alpha value is -0.0800. The van der Waals surface area contributed by atoms with Crippen LogP contribution in [0.4, 0.5) is 0 Å². The van der Waals surface area contributed by atoms with E-state index in [1.165, 1.54) is 13.1 Å². The number of rotatable bonds is 4. The molecule has 3 unspecified atom stereocenters. The largest absolute Gasteiger partial charge is 0.311 e. The lowest BCUT2D eigenvalue weighted by Gasteiger charge is -2.34. The number of nitrogens with one attached hydrogen (secondary N) is 1. The third kappa shape index (κ3) is 4.59. The van der Waals surface area contributed by atoms with Crippen molar-refractivity contribution in [3.8, 4) is 0 Å². The van der Waals surface area contributed by atoms with E-state index in [9.17, 15) is 0 Å². The third-order valence-electron chi connectivity index (χ3n) is 4.10. The van der Waals surface area contributed by atoms with Gasteiger partial charge in [-0.25, -0.2) is 0 Å². The van der Waals surface area contributed by atoms with Gasteiger partial charge in [-0.05, 0) is 38.5 Å². The predicted molar refractivity (Wildman–Crippen MR) is 76.3 cm³/mol. The zero-order valence-corrected chi connectivity index (χ0v) is 12.9. The van der Waals surface area contributed by atoms with Gasteiger partial charge >= 0.3 is 0 Å². The summed E-state index contributed by atoms with van der Waals surface area (Å²) in [5.74, 6) is 2.43. The van der Waals surface area contributed by atoms with Crippen molar-refractivity contribution in [2.24, 2.45) is 17.8 Å². The molecular weight excluding hydrogens is 208 g/mol. The maximum Gasteiger partial charge on any atom is 0.0244 e. The Morgan fingerprint density at radius 1 is 1.12 bits per heavy atom. The second kappa shape index (κ2) is 5.71. The molecular formula is C15H32N2. The molecule has 1 aliphatic rings. The van der Waals surface area contributed by atoms with E-state index in [4.69, 9.17) is 0 Å². The summed E-state index contributed by atoms with van der Waals surface area (Å²) in [6, 6.07) is 0.682. The highest BCUT2D eigenvalue weighted by molar-refractivity contribution is 4.87. The average Bonchev–Trinajstić information content (AvgIpc) is 2.44. The van der Waals surface area contributed by atoms with Crippen LogP contribution in [0.15, 0.2) is 0 Å². The first-order valence-corrected chi connectivity index (χ1v) is 7.20. The SMILES string of the molecule is CC(C)C(CNC(C)(C)C)N1CC(C)C(C)C1. The number of nitrogens with zero attached hydrogens (tertiary/aromatic N) is 1. The fourth-order valence-electron chi connectivity index (χ4n) is 2.64. The molecule has 17 heavy (non-hydrogen) atoms. The van der Waals surface area contributed by atoms with Crippen LogP contribution in [0.25, 0.3) is 0 Å². The van der Waals surface area contributed by atoms with Crippen molar-refractivity contribution in [3.05, 3.63) is 0 Å². The Kier molecular flexibility index (Phi) is 5.03. The van der Waals surface area contributed by atoms with Gasteiger partial charge in [0, 0.05) is 31.2 Å². The highest BCUT2D eigenvalue weighted by Gasteiger charge is 2.32. The van der Waals surface area contributed by atoms with E-state index in [1.54, 1.807) is 0 Å². The smallest absolute Gasteiger partial charge is 0.0244 e. The first-order valence-electron chi connectivity index (χ1n) is 7.20. The zero-order valence-electron chi connectivity index (χ0n) is 12.9. The molecule has 1 rings (SSSR count). The van der Waals surface area contributed by atoms with E-state index in [-0.39, 0.29) is 5.54 Å². The highest BCUT2D eigenvalue weighted by atomic mass is 15.2. The van der Waals surface area contributed by atoms with Crippen LogP contribution in [0, 0.1) is 17.8 Å². The minimum Gasteiger partial charge on any atom is -0.311 e. The van der Waals surface area contributed by atoms with Crippen LogP contribution in [0.2, 0.25) is 0 Å². The molecule has 0 bridgehead atoms. The van der Waals surface area contributed by atoms with E-state index >= 15 is 0 Å². The van der Waals surface area contributed by atoms with Gasteiger partial charge in [-0.15, -0.1) is 0 Å². The molecule has 2 nitrogen and oxygen atoms in total. The summed E-state index contributed by atoms with van der Waals surface area (Å²) in [5.41, 5.74) is 0.226. The molecule has 0 aromatic carbocycles. The number of hydrogen-bond donors (Lipinski definition) is 1. The maximum absolute atomic E-state index is 3.67. The van der Waals surface area contributed by atoms with Gasteiger partial charge in [-0.3, -0.25) is 4.90 Å². The van der Waals surface area contributed by atoms with Gasteiger partial charge in [-0.1, -0.05) is 27.7 Å². The lowest BCUT2D eigenvalue weighted by molar-refractivity contribution is 0.169. The average molecular weight is 240 g/mol. The standard InChI is InChI=1S/C15H32N2/c1-11(2)14(8-16-15(5,6)7)17-9-12(3)13(4)10-17/h11-14,16H,8-10H2,1-7H3. The summed E-state index contributed by atoms with van der Waals surface area (Å²) in [7, 11) is 0. The Morgan fingerprint density at radius 3 is 1.94 bits per heavy atom. The van der Waals surface area contributed by atoms with Crippen LogP contribution in [0.5, 0.6) is 0 Å². The molecule has 0 radical (unpaired) electrons. The molecule has 1 heterocycles. The molecule has 1 N–H and O–H groups in total. The third-order valence-corrected chi connectivity index (χ3v) is 4.10. The van der Waals surface area contributed by atoms with Crippen molar-refractivity contribution in [1.82, 2.24) is 10.2 Å². The quantitative estimate of drug-likeness (QED) is 0.813. The van der Waals surface area contributed by atoms with Crippen molar-refractivity contribution < 1.29 is 0 Å². The van der Waals surface area contributed by atoms with E-state index in [1.807, 2.05) is 0 Å². The van der Waals surface area contributed by atoms with Crippen molar-refractivity contribution in [2.75, 3.05) is 19.6 Å². The predicted octanol–water partition coefficient (Wildman–Crippen LogP) is 2.99. The fraction of sp³-hybridized carbons (Fsp3) is 1.00. The van der Waals surface area contributed by atoms with Crippen molar-refractivity contribution in [1.29, 1.82) is 0 Å². The number of likely N-dealkylation sites (tertiary alicyclic amines) is 1. The van der Waals surface area contributed by atoms with Crippen molar-refractivity contribution >= 4 is 0 Å². The second-order valence-corrected chi connectivity index (χ2v) is 7.35. The summed E-state index contributed by atoms with van der Waals surface area (Å²) in [6.07, 6.45) is 0. The highest BCUT2D eigenvalue weighted by Crippen LogP contribution is 2.26. The normalized spacial score (nSPS) is 28.9. The molecule has 0 aromatic rings. The molecule has 102 valence electrons. The van der Waals surface area contributed by atoms with Gasteiger partial charge in [0.05, 0.1) is 0 Å². The number of hydrogen-bond acceptors (Lipinski definition) is 2. The molecule has 2 heteroatoms. The molecule has 0 saturated carbocycles. The lowest BCUT2D eigenvalue weighted by atomic mass is 10.0.